The molecule has 1 saturated heterocycles. The second-order valence-corrected chi connectivity index (χ2v) is 9.68. The largest absolute Gasteiger partial charge is 0.495 e. The van der Waals surface area contributed by atoms with E-state index in [0.29, 0.717) is 41.4 Å². The van der Waals surface area contributed by atoms with Crippen molar-refractivity contribution in [1.29, 1.82) is 0 Å². The van der Waals surface area contributed by atoms with Crippen LogP contribution in [0, 0.1) is 12.8 Å². The van der Waals surface area contributed by atoms with E-state index in [4.69, 9.17) is 16.3 Å². The normalized spacial score (nSPS) is 17.7. The summed E-state index contributed by atoms with van der Waals surface area (Å²) in [6.07, 6.45) is 1.29. The second-order valence-electron chi connectivity index (χ2n) is 7.27. The Morgan fingerprint density at radius 2 is 1.97 bits per heavy atom. The average Bonchev–Trinajstić information content (AvgIpc) is 2.70. The van der Waals surface area contributed by atoms with Gasteiger partial charge in [0.05, 0.1) is 24.5 Å². The minimum absolute atomic E-state index is 0.107. The van der Waals surface area contributed by atoms with E-state index in [0.717, 1.165) is 5.56 Å². The summed E-state index contributed by atoms with van der Waals surface area (Å²) < 4.78 is 32.4. The van der Waals surface area contributed by atoms with Crippen molar-refractivity contribution < 1.29 is 17.9 Å². The third-order valence-corrected chi connectivity index (χ3v) is 7.09. The number of nitrogens with one attached hydrogen (secondary N) is 1. The summed E-state index contributed by atoms with van der Waals surface area (Å²) in [4.78, 5) is 12.8. The van der Waals surface area contributed by atoms with Crippen molar-refractivity contribution in [3.8, 4) is 5.75 Å². The number of benzene rings is 2. The first-order valence-electron chi connectivity index (χ1n) is 9.46. The number of carbonyl (C=O) groups is 1. The van der Waals surface area contributed by atoms with Crippen LogP contribution in [0.15, 0.2) is 42.5 Å². The molecule has 0 aromatic heterocycles. The first kappa shape index (κ1) is 21.6. The molecule has 1 amide bonds. The zero-order chi connectivity index (χ0) is 21.0. The molecule has 0 spiro atoms. The first-order valence-corrected chi connectivity index (χ1v) is 11.4. The van der Waals surface area contributed by atoms with Crippen molar-refractivity contribution in [2.75, 3.05) is 25.5 Å². The Hall–Kier alpha value is -2.09. The maximum atomic E-state index is 12.9. The number of methoxy groups -OCH3 is 1. The summed E-state index contributed by atoms with van der Waals surface area (Å²) in [6.45, 7) is 2.53. The summed E-state index contributed by atoms with van der Waals surface area (Å²) in [5.74, 6) is -0.134. The molecule has 1 fully saturated rings. The van der Waals surface area contributed by atoms with Crippen LogP contribution in [0.2, 0.25) is 5.02 Å². The Kier molecular flexibility index (Phi) is 6.82. The third kappa shape index (κ3) is 5.50. The van der Waals surface area contributed by atoms with Crippen LogP contribution in [0.5, 0.6) is 5.75 Å². The number of piperidine rings is 1. The van der Waals surface area contributed by atoms with E-state index in [1.165, 1.54) is 4.31 Å². The van der Waals surface area contributed by atoms with E-state index in [1.807, 2.05) is 19.1 Å². The maximum Gasteiger partial charge on any atom is 0.228 e. The average molecular weight is 437 g/mol. The summed E-state index contributed by atoms with van der Waals surface area (Å²) in [6, 6.07) is 12.3. The van der Waals surface area contributed by atoms with Crippen LogP contribution in [0.4, 0.5) is 5.69 Å². The van der Waals surface area contributed by atoms with Crippen molar-refractivity contribution in [3.05, 3.63) is 58.6 Å². The van der Waals surface area contributed by atoms with Crippen LogP contribution in [-0.4, -0.2) is 38.8 Å². The Morgan fingerprint density at radius 3 is 2.66 bits per heavy atom. The van der Waals surface area contributed by atoms with Gasteiger partial charge in [0.1, 0.15) is 5.75 Å². The van der Waals surface area contributed by atoms with E-state index in [-0.39, 0.29) is 18.2 Å². The molecule has 29 heavy (non-hydrogen) atoms. The standard InChI is InChI=1S/C21H25ClN2O4S/c1-15-5-10-20(28-2)19(12-15)23-21(25)17-4-3-11-24(13-17)29(26,27)14-16-6-8-18(22)9-7-16/h5-10,12,17H,3-4,11,13-14H2,1-2H3,(H,23,25)/t17-/m0/s1. The number of anilines is 1. The van der Waals surface area contributed by atoms with Crippen LogP contribution < -0.4 is 10.1 Å². The molecule has 0 aliphatic carbocycles. The molecule has 0 radical (unpaired) electrons. The van der Waals surface area contributed by atoms with Crippen molar-refractivity contribution in [2.24, 2.45) is 5.92 Å². The van der Waals surface area contributed by atoms with Crippen LogP contribution in [0.25, 0.3) is 0 Å². The highest BCUT2D eigenvalue weighted by molar-refractivity contribution is 7.88. The monoisotopic (exact) mass is 436 g/mol. The number of amides is 1. The van der Waals surface area contributed by atoms with Gasteiger partial charge in [0.25, 0.3) is 0 Å². The first-order chi connectivity index (χ1) is 13.8. The van der Waals surface area contributed by atoms with Crippen molar-refractivity contribution in [3.63, 3.8) is 0 Å². The number of carbonyl (C=O) groups excluding carboxylic acids is 1. The molecule has 6 nitrogen and oxygen atoms in total. The Labute approximate surface area is 176 Å². The van der Waals surface area contributed by atoms with Gasteiger partial charge in [-0.25, -0.2) is 12.7 Å². The lowest BCUT2D eigenvalue weighted by Crippen LogP contribution is -2.44. The molecule has 0 saturated carbocycles. The van der Waals surface area contributed by atoms with Crippen molar-refractivity contribution >= 4 is 33.2 Å². The molecule has 1 atom stereocenters. The van der Waals surface area contributed by atoms with E-state index >= 15 is 0 Å². The molecule has 8 heteroatoms. The van der Waals surface area contributed by atoms with E-state index in [2.05, 4.69) is 5.32 Å². The van der Waals surface area contributed by atoms with Gasteiger partial charge in [-0.1, -0.05) is 29.8 Å². The summed E-state index contributed by atoms with van der Waals surface area (Å²) in [7, 11) is -1.97. The number of ether oxygens (including phenoxy) is 1. The lowest BCUT2D eigenvalue weighted by molar-refractivity contribution is -0.120. The van der Waals surface area contributed by atoms with Gasteiger partial charge in [0.2, 0.25) is 15.9 Å². The highest BCUT2D eigenvalue weighted by Gasteiger charge is 2.32. The SMILES string of the molecule is COc1ccc(C)cc1NC(=O)[C@H]1CCCN(S(=O)(=O)Cc2ccc(Cl)cc2)C1. The molecule has 0 bridgehead atoms. The number of rotatable bonds is 6. The van der Waals surface area contributed by atoms with Gasteiger partial charge < -0.3 is 10.1 Å². The molecular weight excluding hydrogens is 412 g/mol. The molecule has 3 rings (SSSR count). The molecular formula is C21H25ClN2O4S. The number of hydrogen-bond donors (Lipinski definition) is 1. The topological polar surface area (TPSA) is 75.7 Å². The van der Waals surface area contributed by atoms with Gasteiger partial charge in [0.15, 0.2) is 0 Å². The fraction of sp³-hybridized carbons (Fsp3) is 0.381. The van der Waals surface area contributed by atoms with Gasteiger partial charge in [-0.05, 0) is 55.2 Å². The lowest BCUT2D eigenvalue weighted by atomic mass is 9.98. The number of halogens is 1. The van der Waals surface area contributed by atoms with Crippen LogP contribution in [0.3, 0.4) is 0 Å². The van der Waals surface area contributed by atoms with E-state index < -0.39 is 15.9 Å². The highest BCUT2D eigenvalue weighted by Crippen LogP contribution is 2.28. The molecule has 2 aromatic rings. The summed E-state index contributed by atoms with van der Waals surface area (Å²) in [5, 5.41) is 3.46. The van der Waals surface area contributed by atoms with Crippen molar-refractivity contribution in [2.45, 2.75) is 25.5 Å². The molecule has 2 aromatic carbocycles. The minimum atomic E-state index is -3.52. The Morgan fingerprint density at radius 1 is 1.24 bits per heavy atom. The van der Waals surface area contributed by atoms with Crippen LogP contribution in [0.1, 0.15) is 24.0 Å². The molecule has 1 aliphatic heterocycles. The molecule has 1 N–H and O–H groups in total. The fourth-order valence-electron chi connectivity index (χ4n) is 3.45. The Balaban J connectivity index is 1.69. The quantitative estimate of drug-likeness (QED) is 0.746. The zero-order valence-electron chi connectivity index (χ0n) is 16.5. The molecule has 0 unspecified atom stereocenters. The van der Waals surface area contributed by atoms with Gasteiger partial charge in [-0.3, -0.25) is 4.79 Å². The van der Waals surface area contributed by atoms with Gasteiger partial charge >= 0.3 is 0 Å². The molecule has 156 valence electrons. The lowest BCUT2D eigenvalue weighted by Gasteiger charge is -2.31. The summed E-state index contributed by atoms with van der Waals surface area (Å²) in [5.41, 5.74) is 2.26. The van der Waals surface area contributed by atoms with Crippen LogP contribution in [-0.2, 0) is 20.6 Å². The van der Waals surface area contributed by atoms with Gasteiger partial charge in [0, 0.05) is 18.1 Å². The maximum absolute atomic E-state index is 12.9. The minimum Gasteiger partial charge on any atom is -0.495 e. The molecule has 1 heterocycles. The van der Waals surface area contributed by atoms with Gasteiger partial charge in [-0.15, -0.1) is 0 Å². The number of sulfonamides is 1. The van der Waals surface area contributed by atoms with Crippen LogP contribution >= 0.6 is 11.6 Å². The zero-order valence-corrected chi connectivity index (χ0v) is 18.1. The molecule has 1 aliphatic rings. The van der Waals surface area contributed by atoms with E-state index in [9.17, 15) is 13.2 Å². The number of nitrogens with zero attached hydrogens (tertiary/aromatic N) is 1. The predicted octanol–water partition coefficient (Wildman–Crippen LogP) is 3.84. The smallest absolute Gasteiger partial charge is 0.228 e. The highest BCUT2D eigenvalue weighted by atomic mass is 35.5. The number of hydrogen-bond acceptors (Lipinski definition) is 4. The predicted molar refractivity (Wildman–Crippen MR) is 115 cm³/mol. The third-order valence-electron chi connectivity index (χ3n) is 5.02. The Bertz CT molecular complexity index is 977. The summed E-state index contributed by atoms with van der Waals surface area (Å²) >= 11 is 5.87. The number of aryl methyl sites for hydroxylation is 1. The fourth-order valence-corrected chi connectivity index (χ4v) is 5.18. The second kappa shape index (κ2) is 9.15. The van der Waals surface area contributed by atoms with Gasteiger partial charge in [-0.2, -0.15) is 0 Å². The van der Waals surface area contributed by atoms with E-state index in [1.54, 1.807) is 37.4 Å². The van der Waals surface area contributed by atoms with Crippen molar-refractivity contribution in [1.82, 2.24) is 4.31 Å².